The van der Waals surface area contributed by atoms with E-state index < -0.39 is 69.8 Å². The van der Waals surface area contributed by atoms with Gasteiger partial charge in [-0.15, -0.1) is 0 Å². The van der Waals surface area contributed by atoms with E-state index >= 15 is 0 Å². The van der Waals surface area contributed by atoms with Crippen LogP contribution in [-0.4, -0.2) is 90.9 Å². The Kier molecular flexibility index (Phi) is 8.08. The third-order valence-electron chi connectivity index (χ3n) is 9.63. The van der Waals surface area contributed by atoms with Crippen molar-refractivity contribution in [1.82, 2.24) is 10.2 Å². The minimum atomic E-state index is -2.77. The molecule has 1 amide bonds. The maximum atomic E-state index is 14.5. The van der Waals surface area contributed by atoms with Crippen molar-refractivity contribution in [2.75, 3.05) is 39.6 Å². The van der Waals surface area contributed by atoms with Crippen molar-refractivity contribution in [2.24, 2.45) is 40.4 Å². The Hall–Kier alpha value is -3.70. The van der Waals surface area contributed by atoms with Crippen LogP contribution in [-0.2, 0) is 32.1 Å². The molecule has 0 radical (unpaired) electrons. The second kappa shape index (κ2) is 10.8. The number of nitrogens with one attached hydrogen (secondary N) is 1. The predicted octanol–water partition coefficient (Wildman–Crippen LogP) is -0.990. The van der Waals surface area contributed by atoms with Crippen LogP contribution in [0.1, 0.15) is 48.2 Å². The normalized spacial score (nSPS) is 32.5. The molecular formula is C30H41N7O6. The molecule has 13 nitrogen and oxygen atoms in total. The zero-order chi connectivity index (χ0) is 32.4. The molecule has 1 aromatic carbocycles. The summed E-state index contributed by atoms with van der Waals surface area (Å²) in [4.78, 5) is 71.7. The van der Waals surface area contributed by atoms with Crippen molar-refractivity contribution < 1.29 is 29.1 Å². The maximum absolute atomic E-state index is 14.5. The number of ketones is 4. The number of fused-ring (bicyclic) bond motifs is 3. The fraction of sp³-hybridized carbons (Fsp3) is 0.600. The van der Waals surface area contributed by atoms with Crippen molar-refractivity contribution in [3.8, 4) is 11.8 Å². The first kappa shape index (κ1) is 32.2. The van der Waals surface area contributed by atoms with E-state index in [0.29, 0.717) is 29.3 Å². The summed E-state index contributed by atoms with van der Waals surface area (Å²) in [5.41, 5.74) is 13.8. The SMILES string of the molecule is CCC(C)CNCc1cc(N(C)C)c2c(c1O)C(=O)C1C(=O)[C@]3(C#N)C(=O)C(C(N)=O)C(=O)[C@@H](N(C)C)[C@]3(N)C[C@]1(N)C2. The van der Waals surface area contributed by atoms with Crippen LogP contribution >= 0.6 is 0 Å². The zero-order valence-electron chi connectivity index (χ0n) is 25.5. The number of carbonyl (C=O) groups is 5. The molecule has 0 saturated heterocycles. The number of nitrogens with zero attached hydrogens (tertiary/aromatic N) is 3. The fourth-order valence-corrected chi connectivity index (χ4v) is 7.44. The Morgan fingerprint density at radius 3 is 2.33 bits per heavy atom. The molecule has 8 N–H and O–H groups in total. The summed E-state index contributed by atoms with van der Waals surface area (Å²) in [6.45, 7) is 5.05. The molecule has 1 aromatic rings. The lowest BCUT2D eigenvalue weighted by molar-refractivity contribution is -0.166. The number of nitrogens with two attached hydrogens (primary N) is 3. The van der Waals surface area contributed by atoms with Crippen LogP contribution in [0.3, 0.4) is 0 Å². The van der Waals surface area contributed by atoms with E-state index in [0.717, 1.165) is 6.42 Å². The molecule has 3 aliphatic rings. The number of amides is 1. The molecule has 13 heteroatoms. The smallest absolute Gasteiger partial charge is 0.235 e. The zero-order valence-corrected chi connectivity index (χ0v) is 25.5. The molecule has 0 bridgehead atoms. The van der Waals surface area contributed by atoms with Gasteiger partial charge in [0.2, 0.25) is 5.91 Å². The Balaban J connectivity index is 1.95. The van der Waals surface area contributed by atoms with E-state index in [9.17, 15) is 34.3 Å². The summed E-state index contributed by atoms with van der Waals surface area (Å²) in [6.07, 6.45) is 0.382. The molecule has 0 spiro atoms. The molecule has 3 aliphatic carbocycles. The maximum Gasteiger partial charge on any atom is 0.235 e. The first-order valence-electron chi connectivity index (χ1n) is 14.3. The number of primary amides is 1. The highest BCUT2D eigenvalue weighted by Crippen LogP contribution is 2.57. The number of Topliss-reactive ketones (excluding diaryl/α,β-unsaturated/α-hetero) is 4. The summed E-state index contributed by atoms with van der Waals surface area (Å²) in [5, 5.41) is 25.2. The molecule has 2 fully saturated rings. The second-order valence-corrected chi connectivity index (χ2v) is 12.9. The second-order valence-electron chi connectivity index (χ2n) is 12.9. The van der Waals surface area contributed by atoms with E-state index in [1.54, 1.807) is 31.1 Å². The van der Waals surface area contributed by atoms with E-state index in [4.69, 9.17) is 17.2 Å². The number of phenols is 1. The number of hydrogen-bond acceptors (Lipinski definition) is 12. The van der Waals surface area contributed by atoms with Crippen LogP contribution in [0.5, 0.6) is 5.75 Å². The standard InChI is InChI=1S/C30H41N7O6/c1-7-14(2)10-35-11-15-8-17(36(3)4)16-9-28(33)12-30(34)24(37(5)6)23(40)19(27(32)43)25(41)29(30,13-31)26(42)20(28)22(39)18(16)21(15)38/h8,14,19-20,24,35,38H,7,9-12,33-34H2,1-6H3,(H2,32,43)/t14?,19?,20?,24-,28-,29+,30-/m1/s1. The van der Waals surface area contributed by atoms with E-state index in [2.05, 4.69) is 19.2 Å². The van der Waals surface area contributed by atoms with Gasteiger partial charge >= 0.3 is 0 Å². The van der Waals surface area contributed by atoms with Crippen LogP contribution in [0.15, 0.2) is 6.07 Å². The van der Waals surface area contributed by atoms with Gasteiger partial charge in [0.15, 0.2) is 34.5 Å². The highest BCUT2D eigenvalue weighted by Gasteiger charge is 2.78. The average molecular weight is 596 g/mol. The van der Waals surface area contributed by atoms with Gasteiger partial charge in [-0.2, -0.15) is 5.26 Å². The monoisotopic (exact) mass is 595 g/mol. The number of rotatable bonds is 8. The summed E-state index contributed by atoms with van der Waals surface area (Å²) >= 11 is 0. The number of hydrogen-bond donors (Lipinski definition) is 5. The number of phenolic OH excluding ortho intramolecular Hbond substituents is 1. The average Bonchev–Trinajstić information content (AvgIpc) is 2.88. The van der Waals surface area contributed by atoms with Crippen molar-refractivity contribution >= 4 is 34.7 Å². The van der Waals surface area contributed by atoms with Crippen LogP contribution in [0.25, 0.3) is 0 Å². The molecule has 43 heavy (non-hydrogen) atoms. The number of benzene rings is 1. The molecule has 7 atom stereocenters. The number of likely N-dealkylation sites (N-methyl/N-ethyl adjacent to an activating group) is 1. The Labute approximate surface area is 250 Å². The summed E-state index contributed by atoms with van der Waals surface area (Å²) in [7, 11) is 6.47. The van der Waals surface area contributed by atoms with Gasteiger partial charge in [0.05, 0.1) is 23.2 Å². The summed E-state index contributed by atoms with van der Waals surface area (Å²) < 4.78 is 0. The molecule has 4 rings (SSSR count). The third-order valence-corrected chi connectivity index (χ3v) is 9.63. The molecule has 3 unspecified atom stereocenters. The first-order chi connectivity index (χ1) is 19.9. The predicted molar refractivity (Wildman–Crippen MR) is 157 cm³/mol. The minimum absolute atomic E-state index is 0.112. The Morgan fingerprint density at radius 1 is 1.19 bits per heavy atom. The van der Waals surface area contributed by atoms with Crippen molar-refractivity contribution in [3.05, 3.63) is 22.8 Å². The van der Waals surface area contributed by atoms with E-state index in [1.807, 2.05) is 0 Å². The number of nitriles is 1. The van der Waals surface area contributed by atoms with Crippen LogP contribution in [0, 0.1) is 34.5 Å². The third kappa shape index (κ3) is 4.38. The molecular weight excluding hydrogens is 554 g/mol. The number of anilines is 1. The lowest BCUT2D eigenvalue weighted by Crippen LogP contribution is -2.85. The topological polar surface area (TPSA) is 226 Å². The lowest BCUT2D eigenvalue weighted by Gasteiger charge is -2.60. The summed E-state index contributed by atoms with van der Waals surface area (Å²) in [6, 6.07) is 2.03. The van der Waals surface area contributed by atoms with Gasteiger partial charge in [0.1, 0.15) is 11.7 Å². The number of carbonyl (C=O) groups excluding carboxylic acids is 5. The van der Waals surface area contributed by atoms with E-state index in [1.165, 1.54) is 19.0 Å². The van der Waals surface area contributed by atoms with Gasteiger partial charge in [-0.1, -0.05) is 20.3 Å². The highest BCUT2D eigenvalue weighted by atomic mass is 16.3. The van der Waals surface area contributed by atoms with Crippen LogP contribution in [0.4, 0.5) is 5.69 Å². The Bertz CT molecular complexity index is 1470. The largest absolute Gasteiger partial charge is 0.507 e. The quantitative estimate of drug-likeness (QED) is 0.228. The van der Waals surface area contributed by atoms with Gasteiger partial charge in [0, 0.05) is 37.4 Å². The minimum Gasteiger partial charge on any atom is -0.507 e. The molecule has 0 aromatic heterocycles. The lowest BCUT2D eigenvalue weighted by atomic mass is 9.42. The highest BCUT2D eigenvalue weighted by molar-refractivity contribution is 6.33. The van der Waals surface area contributed by atoms with Gasteiger partial charge < -0.3 is 32.5 Å². The molecule has 0 heterocycles. The van der Waals surface area contributed by atoms with Crippen LogP contribution in [0.2, 0.25) is 0 Å². The first-order valence-corrected chi connectivity index (χ1v) is 14.3. The van der Waals surface area contributed by atoms with Gasteiger partial charge in [0.25, 0.3) is 0 Å². The van der Waals surface area contributed by atoms with Crippen LogP contribution < -0.4 is 27.4 Å². The van der Waals surface area contributed by atoms with Gasteiger partial charge in [-0.05, 0) is 51.0 Å². The molecule has 232 valence electrons. The summed E-state index contributed by atoms with van der Waals surface area (Å²) in [5.74, 6) is -9.45. The van der Waals surface area contributed by atoms with Crippen molar-refractivity contribution in [1.29, 1.82) is 5.26 Å². The fourth-order valence-electron chi connectivity index (χ4n) is 7.44. The Morgan fingerprint density at radius 2 is 1.81 bits per heavy atom. The van der Waals surface area contributed by atoms with E-state index in [-0.39, 0.29) is 24.3 Å². The molecule has 2 saturated carbocycles. The van der Waals surface area contributed by atoms with Crippen molar-refractivity contribution in [3.63, 3.8) is 0 Å². The van der Waals surface area contributed by atoms with Gasteiger partial charge in [-0.3, -0.25) is 28.9 Å². The van der Waals surface area contributed by atoms with Crippen molar-refractivity contribution in [2.45, 2.75) is 56.8 Å². The van der Waals surface area contributed by atoms with Gasteiger partial charge in [-0.25, -0.2) is 0 Å². The number of aromatic hydroxyl groups is 1. The molecule has 0 aliphatic heterocycles.